The predicted octanol–water partition coefficient (Wildman–Crippen LogP) is 2.55. The van der Waals surface area contributed by atoms with Gasteiger partial charge in [0.25, 0.3) is 5.91 Å². The summed E-state index contributed by atoms with van der Waals surface area (Å²) in [5.41, 5.74) is 0.483. The Morgan fingerprint density at radius 2 is 2.19 bits per heavy atom. The van der Waals surface area contributed by atoms with Crippen molar-refractivity contribution in [3.8, 4) is 5.75 Å². The van der Waals surface area contributed by atoms with Crippen LogP contribution in [0.15, 0.2) is 24.3 Å². The molecule has 1 aliphatic rings. The molecule has 1 unspecified atom stereocenters. The molecule has 1 aliphatic heterocycles. The molecule has 0 spiro atoms. The van der Waals surface area contributed by atoms with Gasteiger partial charge in [0.2, 0.25) is 0 Å². The van der Waals surface area contributed by atoms with Gasteiger partial charge in [-0.2, -0.15) is 0 Å². The van der Waals surface area contributed by atoms with E-state index in [2.05, 4.69) is 0 Å². The zero-order valence-electron chi connectivity index (χ0n) is 12.2. The van der Waals surface area contributed by atoms with Gasteiger partial charge in [0.15, 0.2) is 0 Å². The first-order valence-electron chi connectivity index (χ1n) is 7.40. The first kappa shape index (κ1) is 15.4. The summed E-state index contributed by atoms with van der Waals surface area (Å²) in [4.78, 5) is 25.3. The van der Waals surface area contributed by atoms with Crippen molar-refractivity contribution in [1.82, 2.24) is 4.90 Å². The number of amides is 1. The number of aliphatic carboxylic acids is 1. The highest BCUT2D eigenvalue weighted by atomic mass is 16.5. The Morgan fingerprint density at radius 1 is 1.38 bits per heavy atom. The number of carbonyl (C=O) groups excluding carboxylic acids is 1. The Kier molecular flexibility index (Phi) is 5.20. The minimum atomic E-state index is -0.929. The van der Waals surface area contributed by atoms with Crippen molar-refractivity contribution in [2.24, 2.45) is 0 Å². The summed E-state index contributed by atoms with van der Waals surface area (Å²) in [6, 6.07) is 6.24. The number of carboxylic acids is 1. The van der Waals surface area contributed by atoms with Gasteiger partial charge in [-0.15, -0.1) is 0 Å². The summed E-state index contributed by atoms with van der Waals surface area (Å²) in [5.74, 6) is -0.517. The summed E-state index contributed by atoms with van der Waals surface area (Å²) in [7, 11) is 0. The highest BCUT2D eigenvalue weighted by Crippen LogP contribution is 2.22. The number of likely N-dealkylation sites (tertiary alicyclic amines) is 1. The highest BCUT2D eigenvalue weighted by molar-refractivity contribution is 5.97. The molecule has 5 heteroatoms. The summed E-state index contributed by atoms with van der Waals surface area (Å²) < 4.78 is 5.52. The normalized spacial score (nSPS) is 18.3. The number of benzene rings is 1. The third-order valence-electron chi connectivity index (χ3n) is 3.60. The maximum atomic E-state index is 12.5. The van der Waals surface area contributed by atoms with E-state index in [9.17, 15) is 14.7 Å². The Morgan fingerprint density at radius 3 is 2.90 bits per heavy atom. The van der Waals surface area contributed by atoms with E-state index in [0.717, 1.165) is 19.3 Å². The Bertz CT molecular complexity index is 515. The molecule has 0 saturated carbocycles. The average molecular weight is 291 g/mol. The number of rotatable bonds is 5. The fourth-order valence-corrected chi connectivity index (χ4v) is 2.54. The molecule has 0 bridgehead atoms. The van der Waals surface area contributed by atoms with Crippen molar-refractivity contribution in [1.29, 1.82) is 0 Å². The smallest absolute Gasteiger partial charge is 0.326 e. The molecule has 1 atom stereocenters. The van der Waals surface area contributed by atoms with Crippen LogP contribution in [0.5, 0.6) is 5.75 Å². The predicted molar refractivity (Wildman–Crippen MR) is 78.5 cm³/mol. The van der Waals surface area contributed by atoms with Gasteiger partial charge in [-0.1, -0.05) is 13.0 Å². The number of hydrogen-bond donors (Lipinski definition) is 1. The van der Waals surface area contributed by atoms with Crippen LogP contribution in [-0.4, -0.2) is 41.1 Å². The van der Waals surface area contributed by atoms with Crippen LogP contribution in [0.25, 0.3) is 0 Å². The van der Waals surface area contributed by atoms with Crippen molar-refractivity contribution in [2.75, 3.05) is 13.2 Å². The zero-order valence-corrected chi connectivity index (χ0v) is 12.2. The maximum absolute atomic E-state index is 12.5. The van der Waals surface area contributed by atoms with Crippen LogP contribution >= 0.6 is 0 Å². The molecular weight excluding hydrogens is 270 g/mol. The maximum Gasteiger partial charge on any atom is 0.326 e. The number of hydrogen-bond acceptors (Lipinski definition) is 3. The summed E-state index contributed by atoms with van der Waals surface area (Å²) >= 11 is 0. The van der Waals surface area contributed by atoms with E-state index in [1.807, 2.05) is 6.92 Å². The van der Waals surface area contributed by atoms with Crippen molar-refractivity contribution >= 4 is 11.9 Å². The Balaban J connectivity index is 2.16. The second-order valence-electron chi connectivity index (χ2n) is 5.22. The largest absolute Gasteiger partial charge is 0.494 e. The van der Waals surface area contributed by atoms with Crippen LogP contribution in [0.3, 0.4) is 0 Å². The molecule has 1 N–H and O–H groups in total. The lowest BCUT2D eigenvalue weighted by atomic mass is 10.0. The van der Waals surface area contributed by atoms with Crippen LogP contribution < -0.4 is 4.74 Å². The van der Waals surface area contributed by atoms with E-state index in [-0.39, 0.29) is 5.91 Å². The monoisotopic (exact) mass is 291 g/mol. The zero-order chi connectivity index (χ0) is 15.2. The van der Waals surface area contributed by atoms with Crippen LogP contribution in [0.4, 0.5) is 0 Å². The standard InChI is InChI=1S/C16H21NO4/c1-2-10-21-13-7-5-6-12(11-13)15(18)17-9-4-3-8-14(17)16(19)20/h5-7,11,14H,2-4,8-10H2,1H3,(H,19,20). The van der Waals surface area contributed by atoms with Gasteiger partial charge in [0, 0.05) is 12.1 Å². The number of piperidine rings is 1. The van der Waals surface area contributed by atoms with Crippen LogP contribution in [0, 0.1) is 0 Å². The van der Waals surface area contributed by atoms with E-state index in [0.29, 0.717) is 30.9 Å². The topological polar surface area (TPSA) is 66.8 Å². The molecule has 1 fully saturated rings. The van der Waals surface area contributed by atoms with Gasteiger partial charge in [0.1, 0.15) is 11.8 Å². The molecule has 0 aromatic heterocycles. The van der Waals surface area contributed by atoms with Gasteiger partial charge in [-0.25, -0.2) is 4.79 Å². The molecule has 21 heavy (non-hydrogen) atoms. The summed E-state index contributed by atoms with van der Waals surface area (Å²) in [6.45, 7) is 3.11. The summed E-state index contributed by atoms with van der Waals surface area (Å²) in [6.07, 6.45) is 3.11. The molecule has 1 saturated heterocycles. The molecule has 5 nitrogen and oxygen atoms in total. The van der Waals surface area contributed by atoms with E-state index >= 15 is 0 Å². The average Bonchev–Trinajstić information content (AvgIpc) is 2.52. The molecule has 1 aromatic carbocycles. The van der Waals surface area contributed by atoms with E-state index in [4.69, 9.17) is 4.74 Å². The fraction of sp³-hybridized carbons (Fsp3) is 0.500. The van der Waals surface area contributed by atoms with Crippen molar-refractivity contribution < 1.29 is 19.4 Å². The third kappa shape index (κ3) is 3.74. The van der Waals surface area contributed by atoms with Gasteiger partial charge in [-0.05, 0) is 43.9 Å². The second-order valence-corrected chi connectivity index (χ2v) is 5.22. The Labute approximate surface area is 124 Å². The lowest BCUT2D eigenvalue weighted by Gasteiger charge is -2.33. The van der Waals surface area contributed by atoms with Crippen LogP contribution in [-0.2, 0) is 4.79 Å². The fourth-order valence-electron chi connectivity index (χ4n) is 2.54. The molecule has 0 radical (unpaired) electrons. The SMILES string of the molecule is CCCOc1cccc(C(=O)N2CCCCC2C(=O)O)c1. The van der Waals surface area contributed by atoms with E-state index in [1.54, 1.807) is 24.3 Å². The van der Waals surface area contributed by atoms with E-state index < -0.39 is 12.0 Å². The van der Waals surface area contributed by atoms with Gasteiger partial charge < -0.3 is 14.7 Å². The highest BCUT2D eigenvalue weighted by Gasteiger charge is 2.32. The second kappa shape index (κ2) is 7.11. The molecule has 2 rings (SSSR count). The first-order valence-corrected chi connectivity index (χ1v) is 7.40. The number of carboxylic acid groups (broad SMARTS) is 1. The van der Waals surface area contributed by atoms with Gasteiger partial charge >= 0.3 is 5.97 Å². The molecule has 1 heterocycles. The molecular formula is C16H21NO4. The van der Waals surface area contributed by atoms with Crippen molar-refractivity contribution in [2.45, 2.75) is 38.6 Å². The lowest BCUT2D eigenvalue weighted by molar-refractivity contribution is -0.143. The molecule has 0 aliphatic carbocycles. The lowest BCUT2D eigenvalue weighted by Crippen LogP contribution is -2.47. The number of ether oxygens (including phenoxy) is 1. The first-order chi connectivity index (χ1) is 10.1. The molecule has 114 valence electrons. The van der Waals surface area contributed by atoms with Crippen LogP contribution in [0.2, 0.25) is 0 Å². The quantitative estimate of drug-likeness (QED) is 0.905. The van der Waals surface area contributed by atoms with E-state index in [1.165, 1.54) is 4.90 Å². The minimum absolute atomic E-state index is 0.232. The number of carbonyl (C=O) groups is 2. The van der Waals surface area contributed by atoms with Gasteiger partial charge in [0.05, 0.1) is 6.61 Å². The Hall–Kier alpha value is -2.04. The van der Waals surface area contributed by atoms with Crippen molar-refractivity contribution in [3.05, 3.63) is 29.8 Å². The summed E-state index contributed by atoms with van der Waals surface area (Å²) in [5, 5.41) is 9.26. The van der Waals surface area contributed by atoms with Crippen molar-refractivity contribution in [3.63, 3.8) is 0 Å². The molecule has 1 aromatic rings. The molecule has 1 amide bonds. The third-order valence-corrected chi connectivity index (χ3v) is 3.60. The van der Waals surface area contributed by atoms with Gasteiger partial charge in [-0.3, -0.25) is 4.79 Å². The van der Waals surface area contributed by atoms with Crippen LogP contribution in [0.1, 0.15) is 43.0 Å². The number of nitrogens with zero attached hydrogens (tertiary/aromatic N) is 1. The minimum Gasteiger partial charge on any atom is -0.494 e.